The number of likely N-dealkylation sites (tertiary alicyclic amines) is 1. The van der Waals surface area contributed by atoms with Crippen molar-refractivity contribution in [2.24, 2.45) is 22.2 Å². The monoisotopic (exact) mass is 1350 g/mol. The van der Waals surface area contributed by atoms with Crippen molar-refractivity contribution in [1.29, 1.82) is 0 Å². The number of hydrogen-bond acceptors (Lipinski definition) is 16. The number of piperazine rings is 1. The summed E-state index contributed by atoms with van der Waals surface area (Å²) in [7, 11) is -11.1. The van der Waals surface area contributed by atoms with E-state index in [0.717, 1.165) is 66.5 Å². The Labute approximate surface area is 542 Å². The molecule has 2 atom stereocenters. The summed E-state index contributed by atoms with van der Waals surface area (Å²) in [6.45, 7) is 10.4. The third-order valence-corrected chi connectivity index (χ3v) is 23.7. The molecular weight excluding hydrogens is 1270 g/mol. The zero-order valence-electron chi connectivity index (χ0n) is 51.9. The molecule has 2 bridgehead atoms. The first kappa shape index (κ1) is 67.5. The van der Waals surface area contributed by atoms with E-state index in [9.17, 15) is 67.6 Å². The van der Waals surface area contributed by atoms with Gasteiger partial charge < -0.3 is 25.8 Å². The van der Waals surface area contributed by atoms with Crippen LogP contribution in [0.15, 0.2) is 117 Å². The average molecular weight is 1350 g/mol. The molecule has 4 heterocycles. The number of sulfonamides is 1. The molecule has 4 aliphatic carbocycles. The van der Waals surface area contributed by atoms with E-state index < -0.39 is 94.3 Å². The maximum atomic E-state index is 14.5. The number of sulfone groups is 1. The number of nitrogens with zero attached hydrogens (tertiary/aromatic N) is 4. The van der Waals surface area contributed by atoms with Crippen LogP contribution in [-0.2, 0) is 34.2 Å². The lowest BCUT2D eigenvalue weighted by Gasteiger charge is -2.72. The number of alkyl halides is 5. The Balaban J connectivity index is 0.664. The minimum atomic E-state index is -6.18. The van der Waals surface area contributed by atoms with E-state index in [1.165, 1.54) is 41.1 Å². The molecule has 4 aromatic rings. The number of unbranched alkanes of at least 4 members (excludes halogenated alkanes) is 1. The van der Waals surface area contributed by atoms with Gasteiger partial charge in [0.2, 0.25) is 24.1 Å². The second kappa shape index (κ2) is 27.1. The van der Waals surface area contributed by atoms with Gasteiger partial charge in [-0.25, -0.2) is 30.3 Å². The molecule has 12 rings (SSSR count). The third-order valence-electron chi connectivity index (χ3n) is 19.7. The Hall–Kier alpha value is -6.94. The van der Waals surface area contributed by atoms with Crippen molar-refractivity contribution in [3.63, 3.8) is 0 Å². The van der Waals surface area contributed by atoms with Crippen LogP contribution in [0.1, 0.15) is 128 Å². The van der Waals surface area contributed by atoms with Crippen molar-refractivity contribution in [3.05, 3.63) is 119 Å². The Morgan fingerprint density at radius 2 is 1.47 bits per heavy atom. The van der Waals surface area contributed by atoms with Gasteiger partial charge in [0, 0.05) is 104 Å². The summed E-state index contributed by atoms with van der Waals surface area (Å²) < 4.78 is 127. The van der Waals surface area contributed by atoms with Crippen LogP contribution in [0.25, 0.3) is 0 Å². The van der Waals surface area contributed by atoms with Gasteiger partial charge in [0.05, 0.1) is 21.7 Å². The number of piperidine rings is 2. The fourth-order valence-electron chi connectivity index (χ4n) is 14.5. The van der Waals surface area contributed by atoms with E-state index in [-0.39, 0.29) is 57.9 Å². The summed E-state index contributed by atoms with van der Waals surface area (Å²) in [5, 5.41) is 11.4. The highest BCUT2D eigenvalue weighted by molar-refractivity contribution is 7.99. The van der Waals surface area contributed by atoms with Crippen molar-refractivity contribution in [3.8, 4) is 0 Å². The minimum Gasteiger partial charge on any atom is -0.384 e. The molecular formula is C66H78F5N9O10S3. The van der Waals surface area contributed by atoms with Gasteiger partial charge in [-0.05, 0) is 168 Å². The Kier molecular flexibility index (Phi) is 19.6. The van der Waals surface area contributed by atoms with Crippen LogP contribution in [0.3, 0.4) is 0 Å². The molecule has 3 saturated heterocycles. The number of anilines is 3. The van der Waals surface area contributed by atoms with Gasteiger partial charge in [-0.3, -0.25) is 43.9 Å². The van der Waals surface area contributed by atoms with Crippen molar-refractivity contribution >= 4 is 84.1 Å². The van der Waals surface area contributed by atoms with Crippen molar-refractivity contribution in [2.75, 3.05) is 86.7 Å². The van der Waals surface area contributed by atoms with E-state index in [1.807, 2.05) is 35.1 Å². The number of nitrogens with one attached hydrogen (secondary N) is 5. The zero-order chi connectivity index (χ0) is 66.3. The highest BCUT2D eigenvalue weighted by Crippen LogP contribution is 2.79. The van der Waals surface area contributed by atoms with Gasteiger partial charge in [-0.1, -0.05) is 49.3 Å². The zero-order valence-corrected chi connectivity index (χ0v) is 54.4. The number of imide groups is 2. The maximum absolute atomic E-state index is 14.5. The van der Waals surface area contributed by atoms with Gasteiger partial charge in [0.15, 0.2) is 0 Å². The lowest BCUT2D eigenvalue weighted by molar-refractivity contribution is -0.250. The second-order valence-corrected chi connectivity index (χ2v) is 31.4. The number of rotatable bonds is 25. The van der Waals surface area contributed by atoms with Crippen LogP contribution in [-0.4, -0.2) is 162 Å². The molecule has 3 saturated carbocycles. The number of benzene rings is 4. The van der Waals surface area contributed by atoms with E-state index in [1.54, 1.807) is 24.3 Å². The average Bonchev–Trinajstić information content (AvgIpc) is 1.09. The van der Waals surface area contributed by atoms with Crippen LogP contribution in [0.2, 0.25) is 0 Å². The number of amides is 6. The van der Waals surface area contributed by atoms with Crippen LogP contribution < -0.4 is 30.9 Å². The van der Waals surface area contributed by atoms with Gasteiger partial charge in [0.25, 0.3) is 37.6 Å². The fraction of sp³-hybridized carbons (Fsp3) is 0.515. The van der Waals surface area contributed by atoms with Crippen LogP contribution in [0.5, 0.6) is 0 Å². The summed E-state index contributed by atoms with van der Waals surface area (Å²) in [6.07, 6.45) is 4.99. The van der Waals surface area contributed by atoms with Crippen LogP contribution in [0.4, 0.5) is 39.0 Å². The molecule has 93 heavy (non-hydrogen) atoms. The van der Waals surface area contributed by atoms with E-state index >= 15 is 0 Å². The van der Waals surface area contributed by atoms with Crippen LogP contribution in [0, 0.1) is 22.2 Å². The van der Waals surface area contributed by atoms with Crippen LogP contribution >= 0.6 is 11.8 Å². The molecule has 6 amide bonds. The normalized spacial score (nSPS) is 23.2. The van der Waals surface area contributed by atoms with E-state index in [0.29, 0.717) is 109 Å². The number of halogens is 5. The molecule has 27 heteroatoms. The summed E-state index contributed by atoms with van der Waals surface area (Å²) in [5.41, 5.74) is -2.79. The Morgan fingerprint density at radius 1 is 0.774 bits per heavy atom. The molecule has 0 radical (unpaired) electrons. The first-order valence-corrected chi connectivity index (χ1v) is 35.7. The van der Waals surface area contributed by atoms with Gasteiger partial charge in [0.1, 0.15) is 10.9 Å². The molecule has 5 N–H and O–H groups in total. The van der Waals surface area contributed by atoms with Gasteiger partial charge in [-0.15, -0.1) is 11.8 Å². The number of thioether (sulfide) groups is 1. The number of allylic oxidation sites excluding steroid dienone is 1. The topological polar surface area (TPSA) is 244 Å². The maximum Gasteiger partial charge on any atom is 0.501 e. The molecule has 19 nitrogen and oxygen atoms in total. The third kappa shape index (κ3) is 14.5. The van der Waals surface area contributed by atoms with Gasteiger partial charge >= 0.3 is 5.51 Å². The molecule has 6 fully saturated rings. The Morgan fingerprint density at radius 3 is 2.15 bits per heavy atom. The largest absolute Gasteiger partial charge is 0.501 e. The highest BCUT2D eigenvalue weighted by Gasteiger charge is 2.73. The van der Waals surface area contributed by atoms with Crippen molar-refractivity contribution < 1.29 is 67.6 Å². The quantitative estimate of drug-likeness (QED) is 0.0136. The predicted molar refractivity (Wildman–Crippen MR) is 341 cm³/mol. The Bertz CT molecular complexity index is 3780. The number of carbonyl (C=O) groups is 6. The lowest BCUT2D eigenvalue weighted by atomic mass is 9.32. The van der Waals surface area contributed by atoms with E-state index in [2.05, 4.69) is 49.8 Å². The molecule has 0 aromatic heterocycles. The summed E-state index contributed by atoms with van der Waals surface area (Å²) >= 11 is 1.39. The number of carbonyl (C=O) groups excluding carboxylic acids is 6. The highest BCUT2D eigenvalue weighted by atomic mass is 32.2. The first-order chi connectivity index (χ1) is 44.1. The molecule has 500 valence electrons. The minimum absolute atomic E-state index is 0.00590. The standard InChI is InChI=1S/C66H78F5N9O10S3/c1-63(2)25-21-44(50(36-63)64-39-65(40-64,41-64)62(67)68)37-78-31-33-79(34-32-78)46-15-13-42(14-16-46)58(83)76-93(89,90)48-17-18-51(54(35-48)92(87,88)66(69,70)71)74-45(38-91-47-9-4-3-5-10-47)24-30-77-28-22-43(23-29-77)57(82)73-27-7-6-26-72-52-12-8-11-49-56(52)61(86)80(60(49)85)53-19-20-55(81)75-59(53)84/h3-5,8-18,35,43,45,53,62,72,74H,6-7,19-34,36-41H2,1-2H3,(H,73,82)(H,76,83)(H,75,81,84)/t45-,53?,64?,65?/m1/s1. The molecule has 1 unspecified atom stereocenters. The SMILES string of the molecule is CC1(C)CCC(CN2CCN(c3ccc(C(=O)NS(=O)(=O)c4ccc(N[C@H](CCN5CCC(C(=O)NCCCCNc6cccc7c6C(=O)N(C6CCC(=O)NC6=O)C7=O)CC5)CSc5ccccc5)c(S(=O)(=O)C(F)(F)F)c4)cc3)CC2)=C(C23CC(C(F)F)(C2)C3)C1. The first-order valence-electron chi connectivity index (χ1n) is 31.8. The smallest absolute Gasteiger partial charge is 0.384 e. The number of fused-ring (bicyclic) bond motifs is 1. The molecule has 0 spiro atoms. The predicted octanol–water partition coefficient (Wildman–Crippen LogP) is 9.25. The second-order valence-electron chi connectivity index (χ2n) is 26.7. The lowest BCUT2D eigenvalue weighted by Crippen LogP contribution is -2.66. The van der Waals surface area contributed by atoms with Crippen molar-refractivity contribution in [1.82, 2.24) is 30.1 Å². The summed E-state index contributed by atoms with van der Waals surface area (Å²) in [6, 6.07) is 20.8. The fourth-order valence-corrected chi connectivity index (χ4v) is 17.5. The van der Waals surface area contributed by atoms with E-state index in [4.69, 9.17) is 0 Å². The summed E-state index contributed by atoms with van der Waals surface area (Å²) in [5.74, 6) is -3.61. The molecule has 4 aromatic carbocycles. The molecule has 8 aliphatic rings. The summed E-state index contributed by atoms with van der Waals surface area (Å²) in [4.78, 5) is 84.0. The van der Waals surface area contributed by atoms with Crippen molar-refractivity contribution in [2.45, 2.75) is 136 Å². The van der Waals surface area contributed by atoms with Gasteiger partial charge in [-0.2, -0.15) is 13.2 Å². The number of hydrogen-bond donors (Lipinski definition) is 5. The molecule has 4 aliphatic heterocycles.